The Balaban J connectivity index is 2.36. The van der Waals surface area contributed by atoms with E-state index in [1.165, 1.54) is 4.57 Å². The summed E-state index contributed by atoms with van der Waals surface area (Å²) in [4.78, 5) is 36.3. The van der Waals surface area contributed by atoms with Gasteiger partial charge in [-0.15, -0.1) is 0 Å². The van der Waals surface area contributed by atoms with Crippen LogP contribution in [0.3, 0.4) is 0 Å². The van der Waals surface area contributed by atoms with Crippen molar-refractivity contribution < 1.29 is 32.3 Å². The number of halogens is 4. The number of ether oxygens (including phenoxy) is 1. The average Bonchev–Trinajstić information content (AvgIpc) is 3.04. The van der Waals surface area contributed by atoms with Crippen LogP contribution in [0.5, 0.6) is 0 Å². The molecule has 1 aromatic rings. The van der Waals surface area contributed by atoms with Crippen LogP contribution >= 0.6 is 11.6 Å². The van der Waals surface area contributed by atoms with Crippen LogP contribution in [-0.4, -0.2) is 41.1 Å². The minimum atomic E-state index is -4.68. The topological polar surface area (TPSA) is 77.4 Å². The summed E-state index contributed by atoms with van der Waals surface area (Å²) in [6.45, 7) is 2.74. The van der Waals surface area contributed by atoms with Gasteiger partial charge in [0.15, 0.2) is 0 Å². The quantitative estimate of drug-likeness (QED) is 0.484. The number of nitrogens with one attached hydrogen (secondary N) is 1. The van der Waals surface area contributed by atoms with E-state index in [2.05, 4.69) is 0 Å². The van der Waals surface area contributed by atoms with Gasteiger partial charge in [0.2, 0.25) is 0 Å². The number of nitrogens with zero attached hydrogens (tertiary/aromatic N) is 1. The second kappa shape index (κ2) is 7.07. The van der Waals surface area contributed by atoms with Gasteiger partial charge >= 0.3 is 12.1 Å². The van der Waals surface area contributed by atoms with Crippen LogP contribution in [0.1, 0.15) is 46.8 Å². The van der Waals surface area contributed by atoms with E-state index in [1.54, 1.807) is 12.2 Å². The van der Waals surface area contributed by atoms with E-state index < -0.39 is 29.9 Å². The van der Waals surface area contributed by atoms with Crippen molar-refractivity contribution in [1.29, 1.82) is 0 Å². The molecule has 0 radical (unpaired) electrons. The van der Waals surface area contributed by atoms with Crippen molar-refractivity contribution in [3.8, 4) is 0 Å². The smallest absolute Gasteiger partial charge is 0.408 e. The Labute approximate surface area is 146 Å². The molecule has 25 heavy (non-hydrogen) atoms. The van der Waals surface area contributed by atoms with Gasteiger partial charge in [-0.2, -0.15) is 13.2 Å². The van der Waals surface area contributed by atoms with Gasteiger partial charge in [-0.1, -0.05) is 11.6 Å². The van der Waals surface area contributed by atoms with Crippen molar-refractivity contribution in [3.05, 3.63) is 22.0 Å². The second-order valence-electron chi connectivity index (χ2n) is 5.53. The minimum Gasteiger partial charge on any atom is -0.462 e. The number of carbonyl (C=O) groups is 3. The van der Waals surface area contributed by atoms with Crippen LogP contribution in [-0.2, 0) is 22.5 Å². The molecule has 0 saturated carbocycles. The average molecular weight is 381 g/mol. The monoisotopic (exact) mass is 380 g/mol. The molecule has 0 spiro atoms. The first-order valence-electron chi connectivity index (χ1n) is 7.59. The molecule has 2 heterocycles. The molecule has 1 aromatic heterocycles. The number of carbonyl (C=O) groups excluding carboxylic acids is 3. The van der Waals surface area contributed by atoms with Crippen LogP contribution in [0.2, 0.25) is 5.02 Å². The first-order valence-corrected chi connectivity index (χ1v) is 7.97. The van der Waals surface area contributed by atoms with Gasteiger partial charge in [-0.3, -0.25) is 9.59 Å². The van der Waals surface area contributed by atoms with Crippen molar-refractivity contribution in [1.82, 2.24) is 9.88 Å². The number of amides is 1. The third kappa shape index (κ3) is 3.65. The van der Waals surface area contributed by atoms with Gasteiger partial charge < -0.3 is 14.6 Å². The van der Waals surface area contributed by atoms with Crippen molar-refractivity contribution in [2.75, 3.05) is 6.61 Å². The van der Waals surface area contributed by atoms with E-state index in [1.807, 2.05) is 0 Å². The molecule has 6 nitrogen and oxygen atoms in total. The Morgan fingerprint density at radius 2 is 2.00 bits per heavy atom. The molecule has 1 atom stereocenters. The molecule has 1 amide bonds. The van der Waals surface area contributed by atoms with Gasteiger partial charge in [-0.25, -0.2) is 4.79 Å². The highest BCUT2D eigenvalue weighted by molar-refractivity contribution is 6.47. The zero-order valence-electron chi connectivity index (χ0n) is 13.5. The van der Waals surface area contributed by atoms with Crippen LogP contribution < -0.4 is 5.32 Å². The molecule has 1 N–H and O–H groups in total. The zero-order chi connectivity index (χ0) is 18.9. The molecule has 10 heteroatoms. The fourth-order valence-corrected chi connectivity index (χ4v) is 3.00. The molecule has 1 aliphatic rings. The Morgan fingerprint density at radius 1 is 1.36 bits per heavy atom. The van der Waals surface area contributed by atoms with Crippen LogP contribution in [0, 0.1) is 0 Å². The van der Waals surface area contributed by atoms with E-state index in [9.17, 15) is 27.6 Å². The maximum atomic E-state index is 12.6. The highest BCUT2D eigenvalue weighted by Gasteiger charge is 2.40. The molecular weight excluding hydrogens is 365 g/mol. The Bertz CT molecular complexity index is 727. The van der Waals surface area contributed by atoms with Crippen LogP contribution in [0.4, 0.5) is 13.2 Å². The normalized spacial score (nSPS) is 14.8. The summed E-state index contributed by atoms with van der Waals surface area (Å²) in [6, 6.07) is -2.19. The van der Waals surface area contributed by atoms with E-state index in [0.29, 0.717) is 25.1 Å². The highest BCUT2D eigenvalue weighted by atomic mass is 35.5. The van der Waals surface area contributed by atoms with Gasteiger partial charge in [0.25, 0.3) is 11.7 Å². The highest BCUT2D eigenvalue weighted by Crippen LogP contribution is 2.34. The van der Waals surface area contributed by atoms with Crippen LogP contribution in [0.15, 0.2) is 0 Å². The number of fused-ring (bicyclic) bond motifs is 1. The molecule has 0 bridgehead atoms. The summed E-state index contributed by atoms with van der Waals surface area (Å²) in [5, 5.41) is 1.33. The SMILES string of the molecule is CCOC(=O)c1c(Cl)c(C(=O)C(=O)N[C@H](C)C(F)(F)F)n2c1CCC2. The molecule has 0 fully saturated rings. The summed E-state index contributed by atoms with van der Waals surface area (Å²) in [5.41, 5.74) is 0.147. The predicted octanol–water partition coefficient (Wildman–Crippen LogP) is 2.51. The number of alkyl halides is 3. The van der Waals surface area contributed by atoms with Gasteiger partial charge in [0, 0.05) is 12.2 Å². The number of esters is 1. The molecular formula is C15H16ClF3N2O4. The summed E-state index contributed by atoms with van der Waals surface area (Å²) in [5.74, 6) is -3.39. The third-order valence-electron chi connectivity index (χ3n) is 3.85. The van der Waals surface area contributed by atoms with E-state index in [0.717, 1.165) is 6.92 Å². The van der Waals surface area contributed by atoms with Gasteiger partial charge in [0.05, 0.1) is 17.2 Å². The van der Waals surface area contributed by atoms with Crippen molar-refractivity contribution in [2.45, 2.75) is 45.5 Å². The number of hydrogen-bond acceptors (Lipinski definition) is 4. The summed E-state index contributed by atoms with van der Waals surface area (Å²) < 4.78 is 43.9. The number of hydrogen-bond donors (Lipinski definition) is 1. The van der Waals surface area contributed by atoms with Crippen molar-refractivity contribution in [3.63, 3.8) is 0 Å². The lowest BCUT2D eigenvalue weighted by Crippen LogP contribution is -2.46. The second-order valence-corrected chi connectivity index (χ2v) is 5.90. The Morgan fingerprint density at radius 3 is 2.56 bits per heavy atom. The van der Waals surface area contributed by atoms with Gasteiger partial charge in [-0.05, 0) is 26.7 Å². The summed E-state index contributed by atoms with van der Waals surface area (Å²) in [6.07, 6.45) is -3.63. The van der Waals surface area contributed by atoms with Gasteiger partial charge in [0.1, 0.15) is 11.7 Å². The number of rotatable bonds is 5. The molecule has 138 valence electrons. The largest absolute Gasteiger partial charge is 0.462 e. The zero-order valence-corrected chi connectivity index (χ0v) is 14.3. The lowest BCUT2D eigenvalue weighted by molar-refractivity contribution is -0.156. The summed E-state index contributed by atoms with van der Waals surface area (Å²) in [7, 11) is 0. The minimum absolute atomic E-state index is 0.0129. The van der Waals surface area contributed by atoms with Crippen molar-refractivity contribution in [2.24, 2.45) is 0 Å². The fourth-order valence-electron chi connectivity index (χ4n) is 2.63. The number of aromatic nitrogens is 1. The Hall–Kier alpha value is -2.03. The molecule has 0 aliphatic carbocycles. The maximum absolute atomic E-state index is 12.6. The molecule has 0 aromatic carbocycles. The summed E-state index contributed by atoms with van der Waals surface area (Å²) >= 11 is 6.10. The number of ketones is 1. The van der Waals surface area contributed by atoms with Crippen molar-refractivity contribution >= 4 is 29.3 Å². The standard InChI is InChI=1S/C15H16ClF3N2O4/c1-3-25-14(24)9-8-5-4-6-21(8)11(10(9)16)12(22)13(23)20-7(2)15(17,18)19/h7H,3-6H2,1-2H3,(H,20,23)/t7-/m1/s1. The lowest BCUT2D eigenvalue weighted by atomic mass is 10.1. The molecule has 1 aliphatic heterocycles. The molecule has 0 saturated heterocycles. The molecule has 0 unspecified atom stereocenters. The third-order valence-corrected chi connectivity index (χ3v) is 4.21. The Kier molecular flexibility index (Phi) is 5.46. The van der Waals surface area contributed by atoms with E-state index in [-0.39, 0.29) is 22.9 Å². The first-order chi connectivity index (χ1) is 11.6. The predicted molar refractivity (Wildman–Crippen MR) is 81.7 cm³/mol. The van der Waals surface area contributed by atoms with Crippen LogP contribution in [0.25, 0.3) is 0 Å². The maximum Gasteiger partial charge on any atom is 0.408 e. The number of Topliss-reactive ketones (excluding diaryl/α,β-unsaturated/α-hetero) is 1. The fraction of sp³-hybridized carbons (Fsp3) is 0.533. The van der Waals surface area contributed by atoms with E-state index >= 15 is 0 Å². The lowest BCUT2D eigenvalue weighted by Gasteiger charge is -2.16. The first kappa shape index (κ1) is 19.3. The molecule has 2 rings (SSSR count). The van der Waals surface area contributed by atoms with E-state index in [4.69, 9.17) is 16.3 Å².